The minimum Gasteiger partial charge on any atom is -0.338 e. The van der Waals surface area contributed by atoms with Gasteiger partial charge in [0.15, 0.2) is 5.82 Å². The summed E-state index contributed by atoms with van der Waals surface area (Å²) in [6.45, 7) is 3.51. The third kappa shape index (κ3) is 3.46. The first-order valence-corrected chi connectivity index (χ1v) is 6.24. The van der Waals surface area contributed by atoms with Gasteiger partial charge in [-0.1, -0.05) is 16.9 Å². The highest BCUT2D eigenvalue weighted by atomic mass is 32.2. The van der Waals surface area contributed by atoms with E-state index in [1.54, 1.807) is 6.92 Å². The van der Waals surface area contributed by atoms with E-state index in [2.05, 4.69) is 15.1 Å². The summed E-state index contributed by atoms with van der Waals surface area (Å²) in [4.78, 5) is 7.83. The maximum atomic E-state index is 12.4. The third-order valence-electron chi connectivity index (χ3n) is 2.25. The Morgan fingerprint density at radius 2 is 2.05 bits per heavy atom. The van der Waals surface area contributed by atoms with Crippen molar-refractivity contribution in [2.45, 2.75) is 30.3 Å². The molecule has 2 rings (SSSR count). The zero-order valence-corrected chi connectivity index (χ0v) is 10.9. The van der Waals surface area contributed by atoms with Gasteiger partial charge in [-0.05, 0) is 26.0 Å². The molecule has 1 atom stereocenters. The van der Waals surface area contributed by atoms with Crippen LogP contribution in [0.5, 0.6) is 0 Å². The fraction of sp³-hybridized carbons (Fsp3) is 0.364. The Hall–Kier alpha value is -1.57. The van der Waals surface area contributed by atoms with Crippen LogP contribution < -0.4 is 0 Å². The van der Waals surface area contributed by atoms with E-state index in [4.69, 9.17) is 4.52 Å². The van der Waals surface area contributed by atoms with Gasteiger partial charge in [0.05, 0.1) is 15.8 Å². The highest BCUT2D eigenvalue weighted by Gasteiger charge is 2.30. The molecule has 0 saturated heterocycles. The first kappa shape index (κ1) is 13.9. The number of pyridine rings is 1. The van der Waals surface area contributed by atoms with Crippen LogP contribution in [0.2, 0.25) is 0 Å². The summed E-state index contributed by atoms with van der Waals surface area (Å²) in [5.74, 6) is 0.937. The number of thioether (sulfide) groups is 1. The fourth-order valence-electron chi connectivity index (χ4n) is 1.33. The van der Waals surface area contributed by atoms with Crippen molar-refractivity contribution in [2.24, 2.45) is 0 Å². The molecule has 0 bridgehead atoms. The molecule has 8 heteroatoms. The van der Waals surface area contributed by atoms with Crippen molar-refractivity contribution < 1.29 is 17.7 Å². The summed E-state index contributed by atoms with van der Waals surface area (Å²) in [7, 11) is 0. The molecule has 0 fully saturated rings. The van der Waals surface area contributed by atoms with Crippen molar-refractivity contribution in [3.8, 4) is 0 Å². The van der Waals surface area contributed by atoms with Crippen LogP contribution in [0.15, 0.2) is 27.9 Å². The molecule has 0 radical (unpaired) electrons. The zero-order chi connectivity index (χ0) is 14.0. The van der Waals surface area contributed by atoms with E-state index in [-0.39, 0.29) is 5.25 Å². The van der Waals surface area contributed by atoms with E-state index in [1.165, 1.54) is 17.8 Å². The van der Waals surface area contributed by atoms with Gasteiger partial charge in [0.2, 0.25) is 5.89 Å². The lowest BCUT2D eigenvalue weighted by molar-refractivity contribution is -0.137. The summed E-state index contributed by atoms with van der Waals surface area (Å²) in [6, 6.07) is 2.33. The molecule has 0 amide bonds. The van der Waals surface area contributed by atoms with Gasteiger partial charge in [-0.3, -0.25) is 0 Å². The second-order valence-corrected chi connectivity index (χ2v) is 5.18. The number of nitrogens with zero attached hydrogens (tertiary/aromatic N) is 3. The van der Waals surface area contributed by atoms with Gasteiger partial charge in [-0.2, -0.15) is 18.2 Å². The summed E-state index contributed by atoms with van der Waals surface area (Å²) < 4.78 is 42.1. The van der Waals surface area contributed by atoms with Gasteiger partial charge in [-0.15, -0.1) is 0 Å². The molecule has 0 saturated carbocycles. The Balaban J connectivity index is 2.07. The normalized spacial score (nSPS) is 13.5. The van der Waals surface area contributed by atoms with Crippen molar-refractivity contribution >= 4 is 11.8 Å². The molecule has 19 heavy (non-hydrogen) atoms. The number of alkyl halides is 3. The molecular formula is C11H10F3N3OS. The predicted octanol–water partition coefficient (Wildman–Crippen LogP) is 3.65. The summed E-state index contributed by atoms with van der Waals surface area (Å²) in [5, 5.41) is 3.95. The van der Waals surface area contributed by atoms with Gasteiger partial charge >= 0.3 is 6.18 Å². The van der Waals surface area contributed by atoms with Gasteiger partial charge in [0.25, 0.3) is 0 Å². The van der Waals surface area contributed by atoms with Gasteiger partial charge < -0.3 is 4.52 Å². The second-order valence-electron chi connectivity index (χ2n) is 3.82. The molecule has 4 nitrogen and oxygen atoms in total. The van der Waals surface area contributed by atoms with Gasteiger partial charge in [-0.25, -0.2) is 4.98 Å². The van der Waals surface area contributed by atoms with Crippen molar-refractivity contribution in [1.29, 1.82) is 0 Å². The first-order chi connectivity index (χ1) is 8.86. The Morgan fingerprint density at radius 3 is 2.53 bits per heavy atom. The number of aryl methyl sites for hydroxylation is 1. The Labute approximate surface area is 111 Å². The smallest absolute Gasteiger partial charge is 0.338 e. The quantitative estimate of drug-likeness (QED) is 0.807. The predicted molar refractivity (Wildman–Crippen MR) is 62.5 cm³/mol. The zero-order valence-electron chi connectivity index (χ0n) is 10.1. The Kier molecular flexibility index (Phi) is 3.79. The van der Waals surface area contributed by atoms with E-state index in [0.29, 0.717) is 16.7 Å². The van der Waals surface area contributed by atoms with Crippen molar-refractivity contribution in [2.75, 3.05) is 0 Å². The Bertz CT molecular complexity index is 553. The molecule has 0 aromatic carbocycles. The highest BCUT2D eigenvalue weighted by molar-refractivity contribution is 7.99. The molecule has 2 heterocycles. The molecule has 0 aliphatic rings. The maximum Gasteiger partial charge on any atom is 0.417 e. The molecule has 0 N–H and O–H groups in total. The molecule has 2 aromatic heterocycles. The minimum absolute atomic E-state index is 0.176. The van der Waals surface area contributed by atoms with E-state index < -0.39 is 11.7 Å². The average Bonchev–Trinajstić information content (AvgIpc) is 2.75. The van der Waals surface area contributed by atoms with Crippen LogP contribution in [0, 0.1) is 6.92 Å². The second kappa shape index (κ2) is 5.20. The summed E-state index contributed by atoms with van der Waals surface area (Å²) >= 11 is 1.25. The van der Waals surface area contributed by atoms with Crippen LogP contribution >= 0.6 is 11.8 Å². The molecule has 0 aliphatic carbocycles. The van der Waals surface area contributed by atoms with Crippen molar-refractivity contribution in [3.63, 3.8) is 0 Å². The van der Waals surface area contributed by atoms with Crippen LogP contribution in [-0.2, 0) is 6.18 Å². The van der Waals surface area contributed by atoms with Crippen LogP contribution in [0.25, 0.3) is 0 Å². The standard InChI is InChI=1S/C11H10F3N3OS/c1-6(10-16-7(2)17-18-10)19-9-4-3-8(5-15-9)11(12,13)14/h3-6H,1-2H3. The minimum atomic E-state index is -4.37. The van der Waals surface area contributed by atoms with Gasteiger partial charge in [0, 0.05) is 6.20 Å². The number of rotatable bonds is 3. The molecule has 2 aromatic rings. The highest BCUT2D eigenvalue weighted by Crippen LogP contribution is 2.34. The van der Waals surface area contributed by atoms with Crippen LogP contribution in [-0.4, -0.2) is 15.1 Å². The number of halogens is 3. The third-order valence-corrected chi connectivity index (χ3v) is 3.29. The van der Waals surface area contributed by atoms with E-state index >= 15 is 0 Å². The lowest BCUT2D eigenvalue weighted by Gasteiger charge is -2.08. The van der Waals surface area contributed by atoms with E-state index in [0.717, 1.165) is 12.3 Å². The number of hydrogen-bond acceptors (Lipinski definition) is 5. The molecule has 0 spiro atoms. The number of aromatic nitrogens is 3. The van der Waals surface area contributed by atoms with Crippen LogP contribution in [0.3, 0.4) is 0 Å². The number of hydrogen-bond donors (Lipinski definition) is 0. The van der Waals surface area contributed by atoms with Crippen LogP contribution in [0.4, 0.5) is 13.2 Å². The summed E-state index contributed by atoms with van der Waals surface area (Å²) in [5.41, 5.74) is -0.766. The van der Waals surface area contributed by atoms with Gasteiger partial charge in [0.1, 0.15) is 0 Å². The topological polar surface area (TPSA) is 51.8 Å². The summed E-state index contributed by atoms with van der Waals surface area (Å²) in [6.07, 6.45) is -3.56. The molecular weight excluding hydrogens is 279 g/mol. The monoisotopic (exact) mass is 289 g/mol. The van der Waals surface area contributed by atoms with E-state index in [1.807, 2.05) is 6.92 Å². The molecule has 0 aliphatic heterocycles. The molecule has 1 unspecified atom stereocenters. The lowest BCUT2D eigenvalue weighted by Crippen LogP contribution is -2.05. The first-order valence-electron chi connectivity index (χ1n) is 5.36. The molecule has 102 valence electrons. The lowest BCUT2D eigenvalue weighted by atomic mass is 10.3. The fourth-order valence-corrected chi connectivity index (χ4v) is 2.15. The van der Waals surface area contributed by atoms with Crippen molar-refractivity contribution in [1.82, 2.24) is 15.1 Å². The average molecular weight is 289 g/mol. The van der Waals surface area contributed by atoms with Crippen LogP contribution in [0.1, 0.15) is 29.5 Å². The largest absolute Gasteiger partial charge is 0.417 e. The maximum absolute atomic E-state index is 12.4. The van der Waals surface area contributed by atoms with E-state index in [9.17, 15) is 13.2 Å². The Morgan fingerprint density at radius 1 is 1.32 bits per heavy atom. The van der Waals surface area contributed by atoms with Crippen molar-refractivity contribution in [3.05, 3.63) is 35.6 Å². The SMILES string of the molecule is Cc1noc(C(C)Sc2ccc(C(F)(F)F)cn2)n1.